The number of benzene rings is 1. The standard InChI is InChI=1S/C22H30N2/c1-6-19(5)24(16-18(4)12-11-17(2)3)14-13-20-15-23-22-10-8-7-9-21(20)22/h7-12,15,19,23H,2,4,6,13-14,16H2,1,3,5H3/b12-11-. The van der Waals surface area contributed by atoms with E-state index in [1.54, 1.807) is 0 Å². The zero-order chi connectivity index (χ0) is 17.5. The van der Waals surface area contributed by atoms with E-state index in [0.717, 1.165) is 37.1 Å². The molecule has 1 unspecified atom stereocenters. The molecule has 1 atom stereocenters. The molecule has 0 saturated heterocycles. The summed E-state index contributed by atoms with van der Waals surface area (Å²) in [6.45, 7) is 16.6. The molecule has 2 nitrogen and oxygen atoms in total. The second-order valence-corrected chi connectivity index (χ2v) is 6.68. The second kappa shape index (κ2) is 8.70. The quantitative estimate of drug-likeness (QED) is 0.604. The van der Waals surface area contributed by atoms with Gasteiger partial charge in [0.1, 0.15) is 0 Å². The maximum absolute atomic E-state index is 4.20. The first-order valence-electron chi connectivity index (χ1n) is 8.81. The van der Waals surface area contributed by atoms with Gasteiger partial charge in [0, 0.05) is 36.2 Å². The van der Waals surface area contributed by atoms with E-state index in [4.69, 9.17) is 0 Å². The largest absolute Gasteiger partial charge is 0.361 e. The molecule has 128 valence electrons. The molecule has 0 amide bonds. The summed E-state index contributed by atoms with van der Waals surface area (Å²) in [4.78, 5) is 5.89. The van der Waals surface area contributed by atoms with Crippen LogP contribution < -0.4 is 0 Å². The van der Waals surface area contributed by atoms with Crippen LogP contribution in [0.25, 0.3) is 10.9 Å². The summed E-state index contributed by atoms with van der Waals surface area (Å²) < 4.78 is 0. The minimum Gasteiger partial charge on any atom is -0.361 e. The Morgan fingerprint density at radius 1 is 1.25 bits per heavy atom. The topological polar surface area (TPSA) is 19.0 Å². The lowest BCUT2D eigenvalue weighted by molar-refractivity contribution is 0.226. The summed E-state index contributed by atoms with van der Waals surface area (Å²) in [7, 11) is 0. The molecule has 0 aliphatic carbocycles. The van der Waals surface area contributed by atoms with Gasteiger partial charge in [-0.05, 0) is 43.9 Å². The zero-order valence-corrected chi connectivity index (χ0v) is 15.3. The maximum atomic E-state index is 4.20. The molecule has 2 aromatic rings. The van der Waals surface area contributed by atoms with Gasteiger partial charge in [-0.3, -0.25) is 4.90 Å². The normalized spacial score (nSPS) is 13.0. The van der Waals surface area contributed by atoms with Gasteiger partial charge in [-0.1, -0.05) is 56.0 Å². The first-order valence-corrected chi connectivity index (χ1v) is 8.81. The van der Waals surface area contributed by atoms with Gasteiger partial charge >= 0.3 is 0 Å². The third-order valence-corrected chi connectivity index (χ3v) is 4.57. The lowest BCUT2D eigenvalue weighted by Gasteiger charge is -2.28. The van der Waals surface area contributed by atoms with Crippen molar-refractivity contribution < 1.29 is 0 Å². The van der Waals surface area contributed by atoms with Crippen molar-refractivity contribution in [3.63, 3.8) is 0 Å². The van der Waals surface area contributed by atoms with Crippen LogP contribution in [0.3, 0.4) is 0 Å². The molecule has 2 heteroatoms. The Labute approximate surface area is 146 Å². The van der Waals surface area contributed by atoms with Crippen LogP contribution >= 0.6 is 0 Å². The van der Waals surface area contributed by atoms with Gasteiger partial charge in [0.25, 0.3) is 0 Å². The molecule has 0 saturated carbocycles. The third-order valence-electron chi connectivity index (χ3n) is 4.57. The fourth-order valence-corrected chi connectivity index (χ4v) is 2.89. The molecular weight excluding hydrogens is 292 g/mol. The average Bonchev–Trinajstić information content (AvgIpc) is 2.99. The Kier molecular flexibility index (Phi) is 6.62. The number of allylic oxidation sites excluding steroid dienone is 2. The van der Waals surface area contributed by atoms with Crippen molar-refractivity contribution >= 4 is 10.9 Å². The highest BCUT2D eigenvalue weighted by molar-refractivity contribution is 5.83. The number of rotatable bonds is 9. The molecule has 1 aromatic carbocycles. The molecule has 1 aromatic heterocycles. The van der Waals surface area contributed by atoms with E-state index in [1.807, 2.05) is 13.0 Å². The molecule has 2 rings (SSSR count). The predicted octanol–water partition coefficient (Wildman–Crippen LogP) is 5.50. The predicted molar refractivity (Wildman–Crippen MR) is 106 cm³/mol. The van der Waals surface area contributed by atoms with Crippen molar-refractivity contribution in [1.82, 2.24) is 9.88 Å². The molecule has 0 fully saturated rings. The van der Waals surface area contributed by atoms with E-state index in [0.29, 0.717) is 6.04 Å². The molecule has 0 radical (unpaired) electrons. The number of nitrogens with one attached hydrogen (secondary N) is 1. The zero-order valence-electron chi connectivity index (χ0n) is 15.3. The highest BCUT2D eigenvalue weighted by atomic mass is 15.1. The summed E-state index contributed by atoms with van der Waals surface area (Å²) in [5, 5.41) is 1.34. The molecule has 0 aliphatic rings. The Bertz CT molecular complexity index is 720. The van der Waals surface area contributed by atoms with Crippen LogP contribution in [0.15, 0.2) is 66.9 Å². The summed E-state index contributed by atoms with van der Waals surface area (Å²) in [5.41, 5.74) is 4.81. The van der Waals surface area contributed by atoms with Gasteiger partial charge in [-0.15, -0.1) is 0 Å². The van der Waals surface area contributed by atoms with Crippen molar-refractivity contribution in [2.24, 2.45) is 0 Å². The van der Waals surface area contributed by atoms with Crippen LogP contribution in [0.2, 0.25) is 0 Å². The third kappa shape index (κ3) is 4.97. The van der Waals surface area contributed by atoms with Crippen molar-refractivity contribution in [2.75, 3.05) is 13.1 Å². The highest BCUT2D eigenvalue weighted by Gasteiger charge is 2.13. The Morgan fingerprint density at radius 2 is 2.00 bits per heavy atom. The number of hydrogen-bond acceptors (Lipinski definition) is 1. The molecule has 0 bridgehead atoms. The van der Waals surface area contributed by atoms with Crippen LogP contribution in [0.4, 0.5) is 0 Å². The van der Waals surface area contributed by atoms with Crippen LogP contribution in [-0.4, -0.2) is 29.0 Å². The van der Waals surface area contributed by atoms with Gasteiger partial charge in [-0.25, -0.2) is 0 Å². The maximum Gasteiger partial charge on any atom is 0.0456 e. The lowest BCUT2D eigenvalue weighted by Crippen LogP contribution is -2.35. The summed E-state index contributed by atoms with van der Waals surface area (Å²) in [6, 6.07) is 9.06. The summed E-state index contributed by atoms with van der Waals surface area (Å²) >= 11 is 0. The molecule has 24 heavy (non-hydrogen) atoms. The Morgan fingerprint density at radius 3 is 2.71 bits per heavy atom. The van der Waals surface area contributed by atoms with E-state index in [1.165, 1.54) is 16.5 Å². The number of H-pyrrole nitrogens is 1. The number of aromatic nitrogens is 1. The van der Waals surface area contributed by atoms with Gasteiger partial charge in [-0.2, -0.15) is 0 Å². The van der Waals surface area contributed by atoms with Crippen molar-refractivity contribution in [2.45, 2.75) is 39.7 Å². The van der Waals surface area contributed by atoms with Gasteiger partial charge in [0.15, 0.2) is 0 Å². The van der Waals surface area contributed by atoms with Crippen LogP contribution in [0.1, 0.15) is 32.8 Å². The van der Waals surface area contributed by atoms with Crippen molar-refractivity contribution in [3.05, 3.63) is 72.5 Å². The Balaban J connectivity index is 2.03. The van der Waals surface area contributed by atoms with E-state index in [2.05, 4.69) is 73.4 Å². The smallest absolute Gasteiger partial charge is 0.0456 e. The summed E-state index contributed by atoms with van der Waals surface area (Å²) in [5.74, 6) is 0. The Hall–Kier alpha value is -2.06. The molecule has 0 spiro atoms. The van der Waals surface area contributed by atoms with E-state index >= 15 is 0 Å². The van der Waals surface area contributed by atoms with Gasteiger partial charge in [0.05, 0.1) is 0 Å². The highest BCUT2D eigenvalue weighted by Crippen LogP contribution is 2.19. The first-order chi connectivity index (χ1) is 11.5. The minimum atomic E-state index is 0.546. The first kappa shape index (κ1) is 18.3. The lowest BCUT2D eigenvalue weighted by atomic mass is 10.1. The SMILES string of the molecule is C=C(C)/C=C\C(=C)CN(CCc1c[nH]c2ccccc12)C(C)CC. The number of fused-ring (bicyclic) bond motifs is 1. The molecule has 0 aliphatic heterocycles. The monoisotopic (exact) mass is 322 g/mol. The van der Waals surface area contributed by atoms with Crippen LogP contribution in [-0.2, 0) is 6.42 Å². The second-order valence-electron chi connectivity index (χ2n) is 6.68. The van der Waals surface area contributed by atoms with E-state index in [-0.39, 0.29) is 0 Å². The van der Waals surface area contributed by atoms with Gasteiger partial charge < -0.3 is 4.98 Å². The average molecular weight is 322 g/mol. The van der Waals surface area contributed by atoms with E-state index < -0.39 is 0 Å². The number of hydrogen-bond donors (Lipinski definition) is 1. The van der Waals surface area contributed by atoms with Crippen molar-refractivity contribution in [3.8, 4) is 0 Å². The number of aromatic amines is 1. The minimum absolute atomic E-state index is 0.546. The van der Waals surface area contributed by atoms with Crippen LogP contribution in [0.5, 0.6) is 0 Å². The van der Waals surface area contributed by atoms with Crippen LogP contribution in [0, 0.1) is 0 Å². The van der Waals surface area contributed by atoms with Gasteiger partial charge in [0.2, 0.25) is 0 Å². The number of para-hydroxylation sites is 1. The van der Waals surface area contributed by atoms with Crippen molar-refractivity contribution in [1.29, 1.82) is 0 Å². The summed E-state index contributed by atoms with van der Waals surface area (Å²) in [6.07, 6.45) is 8.46. The molecule has 1 heterocycles. The molecule has 1 N–H and O–H groups in total. The molecular formula is C22H30N2. The number of nitrogens with zero attached hydrogens (tertiary/aromatic N) is 1. The van der Waals surface area contributed by atoms with E-state index in [9.17, 15) is 0 Å². The fourth-order valence-electron chi connectivity index (χ4n) is 2.89. The fraction of sp³-hybridized carbons (Fsp3) is 0.364.